The Balaban J connectivity index is 1.64. The predicted octanol–water partition coefficient (Wildman–Crippen LogP) is 6.46. The van der Waals surface area contributed by atoms with Gasteiger partial charge in [-0.05, 0) is 48.0 Å². The summed E-state index contributed by atoms with van der Waals surface area (Å²) in [6.45, 7) is 0. The van der Waals surface area contributed by atoms with Crippen molar-refractivity contribution < 1.29 is 9.34 Å². The van der Waals surface area contributed by atoms with Gasteiger partial charge in [-0.15, -0.1) is 0 Å². The molecule has 0 radical (unpaired) electrons. The molecule has 3 aromatic carbocycles. The number of oxazole rings is 1. The lowest BCUT2D eigenvalue weighted by Crippen LogP contribution is -1.91. The van der Waals surface area contributed by atoms with Crippen LogP contribution in [0, 0.1) is 10.1 Å². The summed E-state index contributed by atoms with van der Waals surface area (Å²) in [6, 6.07) is 17.1. The lowest BCUT2D eigenvalue weighted by atomic mass is 10.2. The van der Waals surface area contributed by atoms with Crippen molar-refractivity contribution in [2.45, 2.75) is 0 Å². The Morgan fingerprint density at radius 1 is 1.07 bits per heavy atom. The van der Waals surface area contributed by atoms with E-state index in [9.17, 15) is 10.1 Å². The summed E-state index contributed by atoms with van der Waals surface area (Å²) in [5.41, 5.74) is 3.12. The summed E-state index contributed by atoms with van der Waals surface area (Å²) in [7, 11) is 0. The van der Waals surface area contributed by atoms with Crippen LogP contribution in [0.25, 0.3) is 22.6 Å². The Bertz CT molecular complexity index is 1230. The quantitative estimate of drug-likeness (QED) is 0.219. The fourth-order valence-corrected chi connectivity index (χ4v) is 3.00. The fourth-order valence-electron chi connectivity index (χ4n) is 2.64. The summed E-state index contributed by atoms with van der Waals surface area (Å²) in [5.74, 6) is 0.455. The number of nitro groups is 1. The molecule has 138 valence electrons. The molecule has 0 aliphatic heterocycles. The number of benzene rings is 3. The zero-order valence-corrected chi connectivity index (χ0v) is 15.7. The van der Waals surface area contributed by atoms with Crippen molar-refractivity contribution in [3.8, 4) is 11.5 Å². The molecule has 0 unspecified atom stereocenters. The smallest absolute Gasteiger partial charge is 0.288 e. The third-order valence-electron chi connectivity index (χ3n) is 3.97. The highest BCUT2D eigenvalue weighted by molar-refractivity contribution is 6.32. The molecule has 0 bridgehead atoms. The molecule has 0 saturated heterocycles. The third kappa shape index (κ3) is 3.74. The molecule has 0 aliphatic rings. The molecule has 28 heavy (non-hydrogen) atoms. The molecule has 4 rings (SSSR count). The molecule has 0 aliphatic carbocycles. The van der Waals surface area contributed by atoms with Gasteiger partial charge in [-0.25, -0.2) is 4.98 Å². The molecular formula is C20H11Cl2N3O3. The van der Waals surface area contributed by atoms with Gasteiger partial charge in [0.15, 0.2) is 5.58 Å². The molecule has 0 N–H and O–H groups in total. The first kappa shape index (κ1) is 18.2. The van der Waals surface area contributed by atoms with Crippen LogP contribution in [0.3, 0.4) is 0 Å². The first-order chi connectivity index (χ1) is 13.5. The van der Waals surface area contributed by atoms with E-state index in [2.05, 4.69) is 9.98 Å². The van der Waals surface area contributed by atoms with Crippen LogP contribution in [0.5, 0.6) is 0 Å². The Hall–Kier alpha value is -3.22. The number of aromatic nitrogens is 1. The number of halogens is 2. The predicted molar refractivity (Wildman–Crippen MR) is 110 cm³/mol. The normalized spacial score (nSPS) is 11.4. The second-order valence-electron chi connectivity index (χ2n) is 5.91. The first-order valence-corrected chi connectivity index (χ1v) is 8.90. The van der Waals surface area contributed by atoms with Gasteiger partial charge in [-0.3, -0.25) is 15.1 Å². The molecule has 0 atom stereocenters. The van der Waals surface area contributed by atoms with Crippen molar-refractivity contribution in [1.82, 2.24) is 4.98 Å². The highest BCUT2D eigenvalue weighted by atomic mass is 35.5. The largest absolute Gasteiger partial charge is 0.436 e. The van der Waals surface area contributed by atoms with Crippen molar-refractivity contribution in [3.05, 3.63) is 86.4 Å². The average Bonchev–Trinajstić information content (AvgIpc) is 3.10. The van der Waals surface area contributed by atoms with Crippen LogP contribution in [0.15, 0.2) is 70.1 Å². The Kier molecular flexibility index (Phi) is 4.81. The van der Waals surface area contributed by atoms with Crippen LogP contribution in [0.4, 0.5) is 11.4 Å². The van der Waals surface area contributed by atoms with Gasteiger partial charge in [0.1, 0.15) is 10.5 Å². The summed E-state index contributed by atoms with van der Waals surface area (Å²) in [5, 5.41) is 11.7. The van der Waals surface area contributed by atoms with E-state index in [4.69, 9.17) is 27.6 Å². The molecular weight excluding hydrogens is 401 g/mol. The van der Waals surface area contributed by atoms with Gasteiger partial charge in [0, 0.05) is 22.9 Å². The summed E-state index contributed by atoms with van der Waals surface area (Å²) in [4.78, 5) is 19.3. The maximum Gasteiger partial charge on any atom is 0.288 e. The van der Waals surface area contributed by atoms with Crippen molar-refractivity contribution in [2.24, 2.45) is 4.99 Å². The lowest BCUT2D eigenvalue weighted by molar-refractivity contribution is -0.384. The van der Waals surface area contributed by atoms with Crippen LogP contribution in [-0.2, 0) is 0 Å². The van der Waals surface area contributed by atoms with Gasteiger partial charge in [0.05, 0.1) is 10.6 Å². The summed E-state index contributed by atoms with van der Waals surface area (Å²) in [6.07, 6.45) is 1.54. The third-order valence-corrected chi connectivity index (χ3v) is 4.53. The molecule has 1 heterocycles. The zero-order chi connectivity index (χ0) is 19.7. The molecule has 0 fully saturated rings. The average molecular weight is 412 g/mol. The minimum Gasteiger partial charge on any atom is -0.436 e. The van der Waals surface area contributed by atoms with Crippen molar-refractivity contribution in [1.29, 1.82) is 0 Å². The van der Waals surface area contributed by atoms with Crippen LogP contribution < -0.4 is 0 Å². The van der Waals surface area contributed by atoms with E-state index in [1.54, 1.807) is 24.3 Å². The number of nitrogens with zero attached hydrogens (tertiary/aromatic N) is 3. The monoisotopic (exact) mass is 411 g/mol. The van der Waals surface area contributed by atoms with E-state index in [1.807, 2.05) is 24.3 Å². The van der Waals surface area contributed by atoms with Crippen LogP contribution >= 0.6 is 23.2 Å². The van der Waals surface area contributed by atoms with E-state index >= 15 is 0 Å². The molecule has 0 spiro atoms. The lowest BCUT2D eigenvalue weighted by Gasteiger charge is -1.99. The van der Waals surface area contributed by atoms with Gasteiger partial charge < -0.3 is 4.42 Å². The van der Waals surface area contributed by atoms with E-state index < -0.39 is 4.92 Å². The van der Waals surface area contributed by atoms with Gasteiger partial charge in [0.25, 0.3) is 5.69 Å². The molecule has 0 amide bonds. The first-order valence-electron chi connectivity index (χ1n) is 8.14. The number of aliphatic imine (C=N–C) groups is 1. The second kappa shape index (κ2) is 7.42. The maximum atomic E-state index is 11.0. The standard InChI is InChI=1S/C20H11Cl2N3O3/c21-14-5-7-19-17(10-14)24-20(28-19)13-2-1-3-15(9-13)23-11-12-4-6-16(22)18(8-12)25(26)27/h1-11H. The number of fused-ring (bicyclic) bond motifs is 1. The highest BCUT2D eigenvalue weighted by Crippen LogP contribution is 2.29. The highest BCUT2D eigenvalue weighted by Gasteiger charge is 2.12. The second-order valence-corrected chi connectivity index (χ2v) is 6.75. The topological polar surface area (TPSA) is 81.5 Å². The molecule has 1 aromatic heterocycles. The van der Waals surface area contributed by atoms with Crippen molar-refractivity contribution in [3.63, 3.8) is 0 Å². The van der Waals surface area contributed by atoms with Crippen LogP contribution in [-0.4, -0.2) is 16.1 Å². The fraction of sp³-hybridized carbons (Fsp3) is 0. The minimum atomic E-state index is -0.528. The van der Waals surface area contributed by atoms with E-state index in [1.165, 1.54) is 18.3 Å². The summed E-state index contributed by atoms with van der Waals surface area (Å²) >= 11 is 11.8. The van der Waals surface area contributed by atoms with Gasteiger partial charge in [-0.2, -0.15) is 0 Å². The summed E-state index contributed by atoms with van der Waals surface area (Å²) < 4.78 is 5.77. The Morgan fingerprint density at radius 2 is 1.93 bits per heavy atom. The molecule has 0 saturated carbocycles. The van der Waals surface area contributed by atoms with E-state index in [-0.39, 0.29) is 10.7 Å². The number of hydrogen-bond donors (Lipinski definition) is 0. The van der Waals surface area contributed by atoms with Gasteiger partial charge in [0.2, 0.25) is 5.89 Å². The van der Waals surface area contributed by atoms with E-state index in [0.29, 0.717) is 33.3 Å². The van der Waals surface area contributed by atoms with Crippen molar-refractivity contribution in [2.75, 3.05) is 0 Å². The van der Waals surface area contributed by atoms with E-state index in [0.717, 1.165) is 5.56 Å². The SMILES string of the molecule is O=[N+]([O-])c1cc(C=Nc2cccc(-c3nc4cc(Cl)ccc4o3)c2)ccc1Cl. The number of hydrogen-bond acceptors (Lipinski definition) is 5. The molecule has 4 aromatic rings. The Morgan fingerprint density at radius 3 is 2.75 bits per heavy atom. The van der Waals surface area contributed by atoms with Crippen LogP contribution in [0.1, 0.15) is 5.56 Å². The van der Waals surface area contributed by atoms with Crippen molar-refractivity contribution >= 4 is 51.9 Å². The maximum absolute atomic E-state index is 11.0. The Labute approximate surface area is 169 Å². The molecule has 8 heteroatoms. The van der Waals surface area contributed by atoms with Gasteiger partial charge in [-0.1, -0.05) is 35.3 Å². The number of nitro benzene ring substituents is 1. The minimum absolute atomic E-state index is 0.0835. The van der Waals surface area contributed by atoms with Gasteiger partial charge >= 0.3 is 0 Å². The zero-order valence-electron chi connectivity index (χ0n) is 14.2. The molecule has 6 nitrogen and oxygen atoms in total. The van der Waals surface area contributed by atoms with Crippen LogP contribution in [0.2, 0.25) is 10.0 Å². The number of rotatable bonds is 4.